The van der Waals surface area contributed by atoms with Gasteiger partial charge in [0.15, 0.2) is 0 Å². The Kier molecular flexibility index (Phi) is 4.28. The molecule has 5 rings (SSSR count). The molecule has 0 aliphatic heterocycles. The van der Waals surface area contributed by atoms with Crippen LogP contribution in [0.15, 0.2) is 85.1 Å². The van der Waals surface area contributed by atoms with Gasteiger partial charge in [0.05, 0.1) is 23.3 Å². The number of rotatable bonds is 3. The zero-order valence-electron chi connectivity index (χ0n) is 15.8. The first-order valence-corrected chi connectivity index (χ1v) is 9.47. The van der Waals surface area contributed by atoms with Crippen molar-refractivity contribution in [3.8, 4) is 11.3 Å². The zero-order chi connectivity index (χ0) is 20.7. The summed E-state index contributed by atoms with van der Waals surface area (Å²) in [6, 6.07) is 23.2. The van der Waals surface area contributed by atoms with Crippen molar-refractivity contribution in [2.45, 2.75) is 12.7 Å². The summed E-state index contributed by atoms with van der Waals surface area (Å²) in [6.45, 7) is 0.310. The number of para-hydroxylation sites is 1. The van der Waals surface area contributed by atoms with Crippen LogP contribution < -0.4 is 0 Å². The fourth-order valence-corrected chi connectivity index (χ4v) is 3.85. The molecule has 3 nitrogen and oxygen atoms in total. The maximum Gasteiger partial charge on any atom is 0.418 e. The Morgan fingerprint density at radius 2 is 1.53 bits per heavy atom. The van der Waals surface area contributed by atoms with Gasteiger partial charge in [0.1, 0.15) is 5.52 Å². The van der Waals surface area contributed by atoms with Crippen LogP contribution in [0.4, 0.5) is 13.2 Å². The molecule has 0 N–H and O–H groups in total. The van der Waals surface area contributed by atoms with Gasteiger partial charge < -0.3 is 0 Å². The van der Waals surface area contributed by atoms with Crippen LogP contribution in [0.25, 0.3) is 33.1 Å². The normalized spacial score (nSPS) is 12.0. The van der Waals surface area contributed by atoms with Crippen LogP contribution in [0.5, 0.6) is 0 Å². The Balaban J connectivity index is 1.77. The Morgan fingerprint density at radius 1 is 0.767 bits per heavy atom. The molecular weight excluding hydrogens is 387 g/mol. The minimum Gasteiger partial charge on any atom is -0.259 e. The molecule has 0 radical (unpaired) electrons. The van der Waals surface area contributed by atoms with E-state index in [1.54, 1.807) is 16.9 Å². The van der Waals surface area contributed by atoms with Gasteiger partial charge in [0.2, 0.25) is 0 Å². The molecule has 148 valence electrons. The SMILES string of the molecule is FC(F)(F)c1cccc2c(-c3ccccc3)n(Cc3cccc4cccnc34)nc12. The standard InChI is InChI=1S/C24H16F3N3/c25-24(26,27)20-13-5-12-19-22(20)29-30(23(19)17-7-2-1-3-8-17)15-18-10-4-9-16-11-6-14-28-21(16)18/h1-14H,15H2. The van der Waals surface area contributed by atoms with Gasteiger partial charge in [-0.15, -0.1) is 0 Å². The third-order valence-electron chi connectivity index (χ3n) is 5.16. The first kappa shape index (κ1) is 18.4. The van der Waals surface area contributed by atoms with Crippen molar-refractivity contribution < 1.29 is 13.2 Å². The Labute approximate surface area is 170 Å². The van der Waals surface area contributed by atoms with Crippen molar-refractivity contribution in [3.05, 3.63) is 96.2 Å². The molecule has 0 fully saturated rings. The van der Waals surface area contributed by atoms with E-state index in [2.05, 4.69) is 10.1 Å². The lowest BCUT2D eigenvalue weighted by atomic mass is 10.0. The highest BCUT2D eigenvalue weighted by Gasteiger charge is 2.34. The Morgan fingerprint density at radius 3 is 2.33 bits per heavy atom. The van der Waals surface area contributed by atoms with Gasteiger partial charge in [0.25, 0.3) is 0 Å². The molecule has 0 spiro atoms. The maximum absolute atomic E-state index is 13.6. The molecule has 0 unspecified atom stereocenters. The second kappa shape index (κ2) is 6.99. The number of hydrogen-bond donors (Lipinski definition) is 0. The van der Waals surface area contributed by atoms with Gasteiger partial charge in [-0.05, 0) is 17.7 Å². The second-order valence-corrected chi connectivity index (χ2v) is 7.06. The average Bonchev–Trinajstić information content (AvgIpc) is 3.11. The van der Waals surface area contributed by atoms with Crippen LogP contribution >= 0.6 is 0 Å². The first-order chi connectivity index (χ1) is 14.5. The van der Waals surface area contributed by atoms with Crippen LogP contribution in [0.1, 0.15) is 11.1 Å². The minimum absolute atomic E-state index is 0.0444. The molecule has 0 aliphatic rings. The Hall–Kier alpha value is -3.67. The van der Waals surface area contributed by atoms with Crippen molar-refractivity contribution >= 4 is 21.8 Å². The average molecular weight is 403 g/mol. The fraction of sp³-hybridized carbons (Fsp3) is 0.0833. The van der Waals surface area contributed by atoms with Crippen LogP contribution in [-0.4, -0.2) is 14.8 Å². The fourth-order valence-electron chi connectivity index (χ4n) is 3.85. The largest absolute Gasteiger partial charge is 0.418 e. The predicted octanol–water partition coefficient (Wildman–Crippen LogP) is 6.32. The smallest absolute Gasteiger partial charge is 0.259 e. The molecule has 0 amide bonds. The lowest BCUT2D eigenvalue weighted by Crippen LogP contribution is -2.07. The number of alkyl halides is 3. The molecule has 3 aromatic carbocycles. The highest BCUT2D eigenvalue weighted by molar-refractivity contribution is 5.95. The van der Waals surface area contributed by atoms with Crippen LogP contribution in [0, 0.1) is 0 Å². The van der Waals surface area contributed by atoms with E-state index >= 15 is 0 Å². The number of fused-ring (bicyclic) bond motifs is 2. The lowest BCUT2D eigenvalue weighted by molar-refractivity contribution is -0.136. The van der Waals surface area contributed by atoms with Gasteiger partial charge in [-0.2, -0.15) is 18.3 Å². The molecule has 5 aromatic rings. The van der Waals surface area contributed by atoms with Crippen LogP contribution in [-0.2, 0) is 12.7 Å². The summed E-state index contributed by atoms with van der Waals surface area (Å²) in [5.74, 6) is 0. The van der Waals surface area contributed by atoms with E-state index in [0.717, 1.165) is 28.1 Å². The maximum atomic E-state index is 13.6. The molecule has 2 heterocycles. The molecule has 0 atom stereocenters. The molecule has 0 saturated heterocycles. The second-order valence-electron chi connectivity index (χ2n) is 7.06. The quantitative estimate of drug-likeness (QED) is 0.353. The molecule has 6 heteroatoms. The van der Waals surface area contributed by atoms with E-state index in [9.17, 15) is 13.2 Å². The van der Waals surface area contributed by atoms with E-state index in [0.29, 0.717) is 17.6 Å². The number of hydrogen-bond acceptors (Lipinski definition) is 2. The summed E-state index contributed by atoms with van der Waals surface area (Å²) in [7, 11) is 0. The van der Waals surface area contributed by atoms with E-state index in [1.807, 2.05) is 60.7 Å². The number of nitrogens with zero attached hydrogens (tertiary/aromatic N) is 3. The summed E-state index contributed by atoms with van der Waals surface area (Å²) in [5, 5.41) is 5.88. The topological polar surface area (TPSA) is 30.7 Å². The third kappa shape index (κ3) is 3.10. The summed E-state index contributed by atoms with van der Waals surface area (Å²) in [6.07, 6.45) is -2.76. The number of aromatic nitrogens is 3. The molecule has 30 heavy (non-hydrogen) atoms. The van der Waals surface area contributed by atoms with Gasteiger partial charge in [-0.3, -0.25) is 9.67 Å². The molecule has 2 aromatic heterocycles. The van der Waals surface area contributed by atoms with Gasteiger partial charge in [-0.25, -0.2) is 0 Å². The van der Waals surface area contributed by atoms with E-state index in [1.165, 1.54) is 6.07 Å². The summed E-state index contributed by atoms with van der Waals surface area (Å²) >= 11 is 0. The van der Waals surface area contributed by atoms with Gasteiger partial charge in [-0.1, -0.05) is 66.7 Å². The van der Waals surface area contributed by atoms with Crippen molar-refractivity contribution in [1.82, 2.24) is 14.8 Å². The third-order valence-corrected chi connectivity index (χ3v) is 5.16. The highest BCUT2D eigenvalue weighted by Crippen LogP contribution is 2.38. The first-order valence-electron chi connectivity index (χ1n) is 9.47. The van der Waals surface area contributed by atoms with E-state index in [-0.39, 0.29) is 5.52 Å². The van der Waals surface area contributed by atoms with Crippen molar-refractivity contribution in [3.63, 3.8) is 0 Å². The molecule has 0 aliphatic carbocycles. The predicted molar refractivity (Wildman–Crippen MR) is 111 cm³/mol. The van der Waals surface area contributed by atoms with E-state index in [4.69, 9.17) is 0 Å². The summed E-state index contributed by atoms with van der Waals surface area (Å²) in [5.41, 5.74) is 2.41. The monoisotopic (exact) mass is 403 g/mol. The zero-order valence-corrected chi connectivity index (χ0v) is 15.8. The van der Waals surface area contributed by atoms with Gasteiger partial charge in [0, 0.05) is 22.5 Å². The van der Waals surface area contributed by atoms with Crippen molar-refractivity contribution in [2.24, 2.45) is 0 Å². The molecular formula is C24H16F3N3. The molecule has 0 saturated carbocycles. The number of pyridine rings is 1. The van der Waals surface area contributed by atoms with Crippen LogP contribution in [0.3, 0.4) is 0 Å². The number of benzene rings is 3. The van der Waals surface area contributed by atoms with Crippen molar-refractivity contribution in [2.75, 3.05) is 0 Å². The summed E-state index contributed by atoms with van der Waals surface area (Å²) < 4.78 is 42.6. The number of halogens is 3. The van der Waals surface area contributed by atoms with Crippen molar-refractivity contribution in [1.29, 1.82) is 0 Å². The van der Waals surface area contributed by atoms with Gasteiger partial charge >= 0.3 is 6.18 Å². The van der Waals surface area contributed by atoms with Crippen LogP contribution in [0.2, 0.25) is 0 Å². The summed E-state index contributed by atoms with van der Waals surface area (Å²) in [4.78, 5) is 4.47. The highest BCUT2D eigenvalue weighted by atomic mass is 19.4. The van der Waals surface area contributed by atoms with E-state index < -0.39 is 11.7 Å². The lowest BCUT2D eigenvalue weighted by Gasteiger charge is -2.10. The Bertz CT molecular complexity index is 1350. The minimum atomic E-state index is -4.48. The molecule has 0 bridgehead atoms.